The van der Waals surface area contributed by atoms with Crippen molar-refractivity contribution in [3.63, 3.8) is 0 Å². The van der Waals surface area contributed by atoms with Gasteiger partial charge in [-0.05, 0) is 61.5 Å². The fourth-order valence-electron chi connectivity index (χ4n) is 5.40. The van der Waals surface area contributed by atoms with Crippen molar-refractivity contribution in [1.82, 2.24) is 14.5 Å². The number of hydrogen-bond donors (Lipinski definition) is 1. The molecule has 6 heteroatoms. The summed E-state index contributed by atoms with van der Waals surface area (Å²) < 4.78 is 1.65. The SMILES string of the molecule is Cc1ccc(-n2c(C(C)N(CCc3ccccc3)C(=O)Nc3cccc4ccccc34)nc3ccccc3c2=O)cc1. The lowest BCUT2D eigenvalue weighted by Gasteiger charge is -2.31. The van der Waals surface area contributed by atoms with Crippen LogP contribution in [0.5, 0.6) is 0 Å². The number of para-hydroxylation sites is 1. The molecule has 42 heavy (non-hydrogen) atoms. The molecule has 0 saturated heterocycles. The molecule has 0 aliphatic carbocycles. The van der Waals surface area contributed by atoms with E-state index in [1.165, 1.54) is 0 Å². The van der Waals surface area contributed by atoms with E-state index in [1.807, 2.05) is 117 Å². The van der Waals surface area contributed by atoms with Gasteiger partial charge >= 0.3 is 6.03 Å². The highest BCUT2D eigenvalue weighted by Crippen LogP contribution is 2.27. The van der Waals surface area contributed by atoms with Crippen LogP contribution in [0.4, 0.5) is 10.5 Å². The molecule has 6 aromatic rings. The first-order valence-electron chi connectivity index (χ1n) is 14.2. The number of aromatic nitrogens is 2. The Morgan fingerprint density at radius 3 is 2.26 bits per heavy atom. The number of nitrogens with zero attached hydrogens (tertiary/aromatic N) is 3. The molecule has 6 nitrogen and oxygen atoms in total. The van der Waals surface area contributed by atoms with E-state index in [4.69, 9.17) is 4.98 Å². The lowest BCUT2D eigenvalue weighted by Crippen LogP contribution is -2.41. The third kappa shape index (κ3) is 5.39. The van der Waals surface area contributed by atoms with Crippen LogP contribution in [0.25, 0.3) is 27.4 Å². The van der Waals surface area contributed by atoms with Gasteiger partial charge in [0.25, 0.3) is 5.56 Å². The summed E-state index contributed by atoms with van der Waals surface area (Å²) in [5.74, 6) is 0.503. The molecule has 2 amide bonds. The highest BCUT2D eigenvalue weighted by molar-refractivity contribution is 6.01. The molecular weight excluding hydrogens is 520 g/mol. The number of amides is 2. The van der Waals surface area contributed by atoms with Crippen molar-refractivity contribution in [1.29, 1.82) is 0 Å². The van der Waals surface area contributed by atoms with E-state index in [2.05, 4.69) is 17.4 Å². The summed E-state index contributed by atoms with van der Waals surface area (Å²) >= 11 is 0. The van der Waals surface area contributed by atoms with Crippen molar-refractivity contribution in [2.75, 3.05) is 11.9 Å². The standard InChI is InChI=1S/C36H32N4O2/c1-25-19-21-29(22-20-25)40-34(37-33-17-9-8-16-31(33)35(40)41)26(2)39(24-23-27-11-4-3-5-12-27)36(42)38-32-18-10-14-28-13-6-7-15-30(28)32/h3-22,26H,23-24H2,1-2H3,(H,38,42). The topological polar surface area (TPSA) is 67.2 Å². The van der Waals surface area contributed by atoms with Gasteiger partial charge in [-0.1, -0.05) is 96.6 Å². The second kappa shape index (κ2) is 11.7. The van der Waals surface area contributed by atoms with Gasteiger partial charge in [0.05, 0.1) is 28.3 Å². The molecule has 5 aromatic carbocycles. The average molecular weight is 553 g/mol. The van der Waals surface area contributed by atoms with E-state index in [0.29, 0.717) is 35.4 Å². The molecule has 1 atom stereocenters. The zero-order valence-electron chi connectivity index (χ0n) is 23.7. The largest absolute Gasteiger partial charge is 0.322 e. The number of benzene rings is 5. The zero-order valence-corrected chi connectivity index (χ0v) is 23.7. The summed E-state index contributed by atoms with van der Waals surface area (Å²) in [7, 11) is 0. The lowest BCUT2D eigenvalue weighted by molar-refractivity contribution is 0.190. The van der Waals surface area contributed by atoms with Gasteiger partial charge in [-0.15, -0.1) is 0 Å². The Morgan fingerprint density at radius 2 is 1.48 bits per heavy atom. The Kier molecular flexibility index (Phi) is 7.52. The molecule has 208 valence electrons. The Hall–Kier alpha value is -5.23. The fourth-order valence-corrected chi connectivity index (χ4v) is 5.40. The van der Waals surface area contributed by atoms with E-state index < -0.39 is 6.04 Å². The Morgan fingerprint density at radius 1 is 0.810 bits per heavy atom. The average Bonchev–Trinajstić information content (AvgIpc) is 3.02. The quantitative estimate of drug-likeness (QED) is 0.221. The molecule has 0 radical (unpaired) electrons. The normalized spacial score (nSPS) is 11.9. The van der Waals surface area contributed by atoms with Crippen molar-refractivity contribution in [2.24, 2.45) is 0 Å². The van der Waals surface area contributed by atoms with Gasteiger partial charge < -0.3 is 10.2 Å². The number of nitrogens with one attached hydrogen (secondary N) is 1. The van der Waals surface area contributed by atoms with Crippen LogP contribution in [0.3, 0.4) is 0 Å². The summed E-state index contributed by atoms with van der Waals surface area (Å²) in [5.41, 5.74) is 4.10. The van der Waals surface area contributed by atoms with Crippen LogP contribution in [0.1, 0.15) is 29.9 Å². The molecule has 0 aliphatic heterocycles. The Labute approximate surface area is 244 Å². The number of aryl methyl sites for hydroxylation is 1. The minimum Gasteiger partial charge on any atom is -0.314 e. The zero-order chi connectivity index (χ0) is 29.1. The highest BCUT2D eigenvalue weighted by Gasteiger charge is 2.27. The highest BCUT2D eigenvalue weighted by atomic mass is 16.2. The van der Waals surface area contributed by atoms with Crippen molar-refractivity contribution in [3.05, 3.63) is 149 Å². The van der Waals surface area contributed by atoms with Gasteiger partial charge in [-0.3, -0.25) is 9.36 Å². The van der Waals surface area contributed by atoms with E-state index in [-0.39, 0.29) is 11.6 Å². The van der Waals surface area contributed by atoms with Crippen molar-refractivity contribution in [3.8, 4) is 5.69 Å². The van der Waals surface area contributed by atoms with Gasteiger partial charge in [-0.25, -0.2) is 9.78 Å². The van der Waals surface area contributed by atoms with Gasteiger partial charge in [0, 0.05) is 11.9 Å². The molecule has 0 saturated carbocycles. The van der Waals surface area contributed by atoms with Crippen molar-refractivity contribution < 1.29 is 4.79 Å². The van der Waals surface area contributed by atoms with Gasteiger partial charge in [-0.2, -0.15) is 0 Å². The molecule has 1 N–H and O–H groups in total. The van der Waals surface area contributed by atoms with Gasteiger partial charge in [0.1, 0.15) is 5.82 Å². The van der Waals surface area contributed by atoms with E-state index in [1.54, 1.807) is 15.5 Å². The van der Waals surface area contributed by atoms with Gasteiger partial charge in [0.2, 0.25) is 0 Å². The molecule has 1 unspecified atom stereocenters. The first-order chi connectivity index (χ1) is 20.5. The Balaban J connectivity index is 1.45. The van der Waals surface area contributed by atoms with Crippen LogP contribution in [-0.4, -0.2) is 27.0 Å². The minimum absolute atomic E-state index is 0.163. The van der Waals surface area contributed by atoms with Gasteiger partial charge in [0.15, 0.2) is 0 Å². The summed E-state index contributed by atoms with van der Waals surface area (Å²) in [6, 6.07) is 38.3. The molecule has 1 aromatic heterocycles. The number of rotatable bonds is 7. The first-order valence-corrected chi connectivity index (χ1v) is 14.2. The molecule has 0 spiro atoms. The monoisotopic (exact) mass is 552 g/mol. The fraction of sp³-hybridized carbons (Fsp3) is 0.139. The third-order valence-electron chi connectivity index (χ3n) is 7.71. The predicted octanol–water partition coefficient (Wildman–Crippen LogP) is 7.69. The first kappa shape index (κ1) is 27.0. The second-order valence-electron chi connectivity index (χ2n) is 10.5. The molecule has 0 fully saturated rings. The predicted molar refractivity (Wildman–Crippen MR) is 170 cm³/mol. The number of carbonyl (C=O) groups excluding carboxylic acids is 1. The summed E-state index contributed by atoms with van der Waals surface area (Å²) in [5, 5.41) is 5.70. The minimum atomic E-state index is -0.526. The number of urea groups is 1. The maximum atomic E-state index is 14.1. The smallest absolute Gasteiger partial charge is 0.314 e. The van der Waals surface area contributed by atoms with E-state index in [9.17, 15) is 9.59 Å². The third-order valence-corrected chi connectivity index (χ3v) is 7.71. The maximum Gasteiger partial charge on any atom is 0.322 e. The molecule has 0 bridgehead atoms. The Bertz CT molecular complexity index is 1930. The number of hydrogen-bond acceptors (Lipinski definition) is 3. The summed E-state index contributed by atoms with van der Waals surface area (Å²) in [6.45, 7) is 4.38. The molecule has 0 aliphatic rings. The van der Waals surface area contributed by atoms with Crippen LogP contribution in [-0.2, 0) is 6.42 Å². The molecule has 1 heterocycles. The van der Waals surface area contributed by atoms with E-state index in [0.717, 1.165) is 27.6 Å². The van der Waals surface area contributed by atoms with Crippen LogP contribution < -0.4 is 10.9 Å². The van der Waals surface area contributed by atoms with E-state index >= 15 is 0 Å². The molecular formula is C36H32N4O2. The van der Waals surface area contributed by atoms with Crippen LogP contribution >= 0.6 is 0 Å². The van der Waals surface area contributed by atoms with Crippen LogP contribution in [0, 0.1) is 6.92 Å². The second-order valence-corrected chi connectivity index (χ2v) is 10.5. The maximum absolute atomic E-state index is 14.1. The van der Waals surface area contributed by atoms with Crippen molar-refractivity contribution in [2.45, 2.75) is 26.3 Å². The summed E-state index contributed by atoms with van der Waals surface area (Å²) in [6.07, 6.45) is 0.649. The lowest BCUT2D eigenvalue weighted by atomic mass is 10.1. The van der Waals surface area contributed by atoms with Crippen LogP contribution in [0.15, 0.2) is 126 Å². The number of anilines is 1. The summed E-state index contributed by atoms with van der Waals surface area (Å²) in [4.78, 5) is 34.9. The molecule has 6 rings (SSSR count). The number of carbonyl (C=O) groups is 1. The van der Waals surface area contributed by atoms with Crippen molar-refractivity contribution >= 4 is 33.4 Å². The number of fused-ring (bicyclic) bond motifs is 2. The van der Waals surface area contributed by atoms with Crippen LogP contribution in [0.2, 0.25) is 0 Å².